The fourth-order valence-corrected chi connectivity index (χ4v) is 1.19. The van der Waals surface area contributed by atoms with Gasteiger partial charge in [-0.05, 0) is 18.8 Å². The van der Waals surface area contributed by atoms with E-state index in [1.54, 1.807) is 0 Å². The monoisotopic (exact) mass is 211 g/mol. The van der Waals surface area contributed by atoms with Gasteiger partial charge in [0.05, 0.1) is 18.5 Å². The molecule has 0 saturated carbocycles. The van der Waals surface area contributed by atoms with Crippen molar-refractivity contribution >= 4 is 11.7 Å². The molecule has 5 heteroatoms. The van der Waals surface area contributed by atoms with Crippen LogP contribution in [0.4, 0.5) is 5.69 Å². The number of ether oxygens (including phenoxy) is 1. The largest absolute Gasteiger partial charge is 0.461 e. The third-order valence-electron chi connectivity index (χ3n) is 2.03. The van der Waals surface area contributed by atoms with Crippen LogP contribution in [-0.2, 0) is 4.74 Å². The number of carbonyl (C=O) groups is 1. The van der Waals surface area contributed by atoms with Crippen LogP contribution >= 0.6 is 0 Å². The van der Waals surface area contributed by atoms with E-state index >= 15 is 0 Å². The van der Waals surface area contributed by atoms with Gasteiger partial charge in [-0.1, -0.05) is 13.8 Å². The first-order valence-electron chi connectivity index (χ1n) is 5.07. The predicted molar refractivity (Wildman–Crippen MR) is 57.4 cm³/mol. The highest BCUT2D eigenvalue weighted by Crippen LogP contribution is 2.09. The molecule has 0 amide bonds. The first-order valence-corrected chi connectivity index (χ1v) is 5.07. The summed E-state index contributed by atoms with van der Waals surface area (Å²) in [6.07, 6.45) is 3.31. The number of nitrogens with two attached hydrogens (primary N) is 1. The fraction of sp³-hybridized carbons (Fsp3) is 0.600. The van der Waals surface area contributed by atoms with E-state index in [0.29, 0.717) is 18.2 Å². The lowest BCUT2D eigenvalue weighted by atomic mass is 10.1. The molecule has 0 bridgehead atoms. The van der Waals surface area contributed by atoms with Crippen molar-refractivity contribution < 1.29 is 9.53 Å². The zero-order valence-corrected chi connectivity index (χ0v) is 9.12. The van der Waals surface area contributed by atoms with Gasteiger partial charge < -0.3 is 10.5 Å². The summed E-state index contributed by atoms with van der Waals surface area (Å²) < 4.78 is 5.03. The van der Waals surface area contributed by atoms with Gasteiger partial charge in [-0.2, -0.15) is 5.10 Å². The maximum atomic E-state index is 11.4. The molecule has 1 aromatic heterocycles. The van der Waals surface area contributed by atoms with Gasteiger partial charge in [-0.15, -0.1) is 0 Å². The molecule has 5 nitrogen and oxygen atoms in total. The van der Waals surface area contributed by atoms with Crippen molar-refractivity contribution in [3.8, 4) is 0 Å². The van der Waals surface area contributed by atoms with Crippen LogP contribution < -0.4 is 5.73 Å². The van der Waals surface area contributed by atoms with E-state index < -0.39 is 5.97 Å². The van der Waals surface area contributed by atoms with E-state index in [0.717, 1.165) is 12.8 Å². The number of esters is 1. The lowest BCUT2D eigenvalue weighted by molar-refractivity contribution is 0.0489. The first kappa shape index (κ1) is 11.6. The molecular weight excluding hydrogens is 194 g/mol. The standard InChI is InChI=1S/C10H17N3O2/c1-7(2)4-3-5-15-10(14)9-8(11)6-12-13-9/h6-7H,3-5,11H2,1-2H3,(H,12,13). The maximum absolute atomic E-state index is 11.4. The van der Waals surface area contributed by atoms with Crippen LogP contribution in [0.3, 0.4) is 0 Å². The summed E-state index contributed by atoms with van der Waals surface area (Å²) in [5, 5.41) is 6.15. The van der Waals surface area contributed by atoms with E-state index in [9.17, 15) is 4.79 Å². The van der Waals surface area contributed by atoms with E-state index in [1.807, 2.05) is 0 Å². The smallest absolute Gasteiger partial charge is 0.358 e. The average molecular weight is 211 g/mol. The van der Waals surface area contributed by atoms with Gasteiger partial charge >= 0.3 is 5.97 Å². The molecular formula is C10H17N3O2. The molecule has 3 N–H and O–H groups in total. The van der Waals surface area contributed by atoms with Gasteiger partial charge in [-0.3, -0.25) is 5.10 Å². The first-order chi connectivity index (χ1) is 7.11. The molecule has 0 aliphatic rings. The zero-order valence-electron chi connectivity index (χ0n) is 9.12. The number of carbonyl (C=O) groups excluding carboxylic acids is 1. The van der Waals surface area contributed by atoms with E-state index in [4.69, 9.17) is 10.5 Å². The van der Waals surface area contributed by atoms with Crippen molar-refractivity contribution in [3.63, 3.8) is 0 Å². The highest BCUT2D eigenvalue weighted by atomic mass is 16.5. The Morgan fingerprint density at radius 3 is 2.93 bits per heavy atom. The summed E-state index contributed by atoms with van der Waals surface area (Å²) in [7, 11) is 0. The summed E-state index contributed by atoms with van der Waals surface area (Å²) in [4.78, 5) is 11.4. The Hall–Kier alpha value is -1.52. The van der Waals surface area contributed by atoms with Crippen molar-refractivity contribution in [1.29, 1.82) is 0 Å². The molecule has 0 spiro atoms. The number of aromatic nitrogens is 2. The number of nitrogen functional groups attached to an aromatic ring is 1. The number of anilines is 1. The van der Waals surface area contributed by atoms with Crippen LogP contribution in [0, 0.1) is 5.92 Å². The quantitative estimate of drug-likeness (QED) is 0.572. The summed E-state index contributed by atoms with van der Waals surface area (Å²) in [6, 6.07) is 0. The fourth-order valence-electron chi connectivity index (χ4n) is 1.19. The summed E-state index contributed by atoms with van der Waals surface area (Å²) >= 11 is 0. The molecule has 15 heavy (non-hydrogen) atoms. The highest BCUT2D eigenvalue weighted by molar-refractivity contribution is 5.92. The molecule has 0 aliphatic heterocycles. The molecule has 0 atom stereocenters. The Kier molecular flexibility index (Phi) is 4.15. The summed E-state index contributed by atoms with van der Waals surface area (Å²) in [5.41, 5.74) is 6.06. The molecule has 1 aromatic rings. The van der Waals surface area contributed by atoms with E-state index in [2.05, 4.69) is 24.0 Å². The predicted octanol–water partition coefficient (Wildman–Crippen LogP) is 1.58. The lowest BCUT2D eigenvalue weighted by Gasteiger charge is -2.05. The molecule has 0 saturated heterocycles. The number of hydrogen-bond donors (Lipinski definition) is 2. The number of hydrogen-bond acceptors (Lipinski definition) is 4. The molecule has 0 aliphatic carbocycles. The van der Waals surface area contributed by atoms with Gasteiger partial charge in [0.15, 0.2) is 5.69 Å². The normalized spacial score (nSPS) is 10.6. The van der Waals surface area contributed by atoms with Gasteiger partial charge in [0.1, 0.15) is 0 Å². The van der Waals surface area contributed by atoms with Crippen molar-refractivity contribution in [2.75, 3.05) is 12.3 Å². The van der Waals surface area contributed by atoms with E-state index in [-0.39, 0.29) is 5.69 Å². The third-order valence-corrected chi connectivity index (χ3v) is 2.03. The van der Waals surface area contributed by atoms with Crippen molar-refractivity contribution in [2.24, 2.45) is 5.92 Å². The third kappa shape index (κ3) is 3.61. The van der Waals surface area contributed by atoms with Crippen LogP contribution in [0.2, 0.25) is 0 Å². The minimum absolute atomic E-state index is 0.236. The summed E-state index contributed by atoms with van der Waals surface area (Å²) in [6.45, 7) is 4.69. The topological polar surface area (TPSA) is 81.0 Å². The Morgan fingerprint density at radius 2 is 2.40 bits per heavy atom. The molecule has 1 heterocycles. The minimum atomic E-state index is -0.436. The second-order valence-corrected chi connectivity index (χ2v) is 3.87. The Morgan fingerprint density at radius 1 is 1.67 bits per heavy atom. The van der Waals surface area contributed by atoms with Crippen LogP contribution in [0.1, 0.15) is 37.2 Å². The lowest BCUT2D eigenvalue weighted by Crippen LogP contribution is -2.09. The van der Waals surface area contributed by atoms with E-state index in [1.165, 1.54) is 6.20 Å². The Labute approximate surface area is 89.0 Å². The minimum Gasteiger partial charge on any atom is -0.461 e. The molecule has 0 fully saturated rings. The maximum Gasteiger partial charge on any atom is 0.358 e. The van der Waals surface area contributed by atoms with Crippen LogP contribution in [0.15, 0.2) is 6.20 Å². The van der Waals surface area contributed by atoms with Gasteiger partial charge in [0, 0.05) is 0 Å². The van der Waals surface area contributed by atoms with Crippen LogP contribution in [0.5, 0.6) is 0 Å². The molecule has 0 radical (unpaired) electrons. The zero-order chi connectivity index (χ0) is 11.3. The van der Waals surface area contributed by atoms with Crippen molar-refractivity contribution in [3.05, 3.63) is 11.9 Å². The second kappa shape index (κ2) is 5.38. The van der Waals surface area contributed by atoms with Gasteiger partial charge in [0.25, 0.3) is 0 Å². The highest BCUT2D eigenvalue weighted by Gasteiger charge is 2.12. The van der Waals surface area contributed by atoms with Gasteiger partial charge in [-0.25, -0.2) is 4.79 Å². The molecule has 0 aromatic carbocycles. The molecule has 1 rings (SSSR count). The number of nitrogens with zero attached hydrogens (tertiary/aromatic N) is 1. The number of rotatable bonds is 5. The van der Waals surface area contributed by atoms with Crippen LogP contribution in [0.25, 0.3) is 0 Å². The summed E-state index contributed by atoms with van der Waals surface area (Å²) in [5.74, 6) is 0.190. The van der Waals surface area contributed by atoms with Crippen molar-refractivity contribution in [1.82, 2.24) is 10.2 Å². The number of aromatic amines is 1. The molecule has 0 unspecified atom stereocenters. The van der Waals surface area contributed by atoms with Crippen LogP contribution in [-0.4, -0.2) is 22.8 Å². The average Bonchev–Trinajstić information content (AvgIpc) is 2.58. The van der Waals surface area contributed by atoms with Crippen molar-refractivity contribution in [2.45, 2.75) is 26.7 Å². The SMILES string of the molecule is CC(C)CCCOC(=O)c1[nH]ncc1N. The second-order valence-electron chi connectivity index (χ2n) is 3.87. The molecule has 84 valence electrons. The number of H-pyrrole nitrogens is 1. The number of nitrogens with one attached hydrogen (secondary N) is 1. The Balaban J connectivity index is 2.28. The van der Waals surface area contributed by atoms with Gasteiger partial charge in [0.2, 0.25) is 0 Å². The Bertz CT molecular complexity index is 320.